The maximum Gasteiger partial charge on any atom is 0.310 e. The van der Waals surface area contributed by atoms with Crippen molar-refractivity contribution in [1.82, 2.24) is 5.32 Å². The maximum absolute atomic E-state index is 12.0. The number of aliphatic carboxylic acids is 1. The second kappa shape index (κ2) is 9.03. The van der Waals surface area contributed by atoms with Crippen molar-refractivity contribution in [2.75, 3.05) is 13.2 Å². The van der Waals surface area contributed by atoms with Gasteiger partial charge in [0.25, 0.3) is 0 Å². The van der Waals surface area contributed by atoms with E-state index >= 15 is 0 Å². The number of nitrogens with one attached hydrogen (secondary N) is 1. The zero-order valence-electron chi connectivity index (χ0n) is 13.3. The fraction of sp³-hybridized carbons (Fsp3) is 0.875. The number of carbonyl (C=O) groups excluding carboxylic acids is 1. The molecule has 2 N–H and O–H groups in total. The standard InChI is InChI=1S/C16H29NO4/c1-13(2)21-11-7-6-10-17-14(18)12-16(15(19)20)8-4-3-5-9-16/h13H,3-12H2,1-2H3,(H,17,18)(H,19,20). The fourth-order valence-electron chi connectivity index (χ4n) is 2.84. The van der Waals surface area contributed by atoms with E-state index in [0.29, 0.717) is 26.0 Å². The topological polar surface area (TPSA) is 75.6 Å². The van der Waals surface area contributed by atoms with Crippen molar-refractivity contribution in [1.29, 1.82) is 0 Å². The Balaban J connectivity index is 2.24. The van der Waals surface area contributed by atoms with E-state index in [1.807, 2.05) is 13.8 Å². The van der Waals surface area contributed by atoms with Gasteiger partial charge in [0, 0.05) is 19.6 Å². The van der Waals surface area contributed by atoms with Gasteiger partial charge >= 0.3 is 5.97 Å². The summed E-state index contributed by atoms with van der Waals surface area (Å²) in [5, 5.41) is 12.3. The first-order valence-electron chi connectivity index (χ1n) is 8.08. The third-order valence-electron chi connectivity index (χ3n) is 4.11. The lowest BCUT2D eigenvalue weighted by Crippen LogP contribution is -2.39. The quantitative estimate of drug-likeness (QED) is 0.642. The monoisotopic (exact) mass is 299 g/mol. The van der Waals surface area contributed by atoms with Gasteiger partial charge in [-0.2, -0.15) is 0 Å². The number of unbranched alkanes of at least 4 members (excludes halogenated alkanes) is 1. The molecule has 1 rings (SSSR count). The molecule has 1 fully saturated rings. The summed E-state index contributed by atoms with van der Waals surface area (Å²) in [4.78, 5) is 23.5. The maximum atomic E-state index is 12.0. The van der Waals surface area contributed by atoms with Gasteiger partial charge in [0.2, 0.25) is 5.91 Å². The molecule has 0 saturated heterocycles. The predicted molar refractivity (Wildman–Crippen MR) is 81.1 cm³/mol. The normalized spacial score (nSPS) is 17.7. The molecule has 1 amide bonds. The number of rotatable bonds is 9. The van der Waals surface area contributed by atoms with E-state index in [1.54, 1.807) is 0 Å². The third kappa shape index (κ3) is 6.46. The summed E-state index contributed by atoms with van der Waals surface area (Å²) in [6.45, 7) is 5.29. The minimum atomic E-state index is -0.830. The summed E-state index contributed by atoms with van der Waals surface area (Å²) in [7, 11) is 0. The second-order valence-electron chi connectivity index (χ2n) is 6.30. The Kier molecular flexibility index (Phi) is 7.72. The van der Waals surface area contributed by atoms with Crippen molar-refractivity contribution in [3.8, 4) is 0 Å². The zero-order chi connectivity index (χ0) is 15.7. The van der Waals surface area contributed by atoms with Crippen molar-refractivity contribution in [3.63, 3.8) is 0 Å². The molecule has 0 spiro atoms. The molecular weight excluding hydrogens is 270 g/mol. The number of hydrogen-bond acceptors (Lipinski definition) is 3. The van der Waals surface area contributed by atoms with Crippen LogP contribution < -0.4 is 5.32 Å². The first-order valence-corrected chi connectivity index (χ1v) is 8.08. The van der Waals surface area contributed by atoms with E-state index in [1.165, 1.54) is 0 Å². The van der Waals surface area contributed by atoms with Crippen molar-refractivity contribution in [2.24, 2.45) is 5.41 Å². The molecule has 0 aromatic heterocycles. The first kappa shape index (κ1) is 18.0. The van der Waals surface area contributed by atoms with Crippen molar-refractivity contribution in [3.05, 3.63) is 0 Å². The lowest BCUT2D eigenvalue weighted by Gasteiger charge is -2.32. The van der Waals surface area contributed by atoms with Crippen molar-refractivity contribution in [2.45, 2.75) is 71.3 Å². The van der Waals surface area contributed by atoms with Crippen LogP contribution in [0.3, 0.4) is 0 Å². The highest BCUT2D eigenvalue weighted by Crippen LogP contribution is 2.39. The van der Waals surface area contributed by atoms with Crippen LogP contribution in [-0.2, 0) is 14.3 Å². The number of ether oxygens (including phenoxy) is 1. The largest absolute Gasteiger partial charge is 0.481 e. The molecule has 1 aliphatic carbocycles. The van der Waals surface area contributed by atoms with Gasteiger partial charge in [0.05, 0.1) is 11.5 Å². The van der Waals surface area contributed by atoms with Crippen molar-refractivity contribution >= 4 is 11.9 Å². The van der Waals surface area contributed by atoms with Crippen LogP contribution >= 0.6 is 0 Å². The van der Waals surface area contributed by atoms with Gasteiger partial charge < -0.3 is 15.2 Å². The third-order valence-corrected chi connectivity index (χ3v) is 4.11. The minimum Gasteiger partial charge on any atom is -0.481 e. The Hall–Kier alpha value is -1.10. The van der Waals surface area contributed by atoms with E-state index in [2.05, 4.69) is 5.32 Å². The Bertz CT molecular complexity index is 335. The van der Waals surface area contributed by atoms with Crippen LogP contribution in [0.25, 0.3) is 0 Å². The number of carboxylic acid groups (broad SMARTS) is 1. The van der Waals surface area contributed by atoms with Gasteiger partial charge in [-0.05, 0) is 39.5 Å². The SMILES string of the molecule is CC(C)OCCCCNC(=O)CC1(C(=O)O)CCCCC1. The highest BCUT2D eigenvalue weighted by atomic mass is 16.5. The fourth-order valence-corrected chi connectivity index (χ4v) is 2.84. The summed E-state index contributed by atoms with van der Waals surface area (Å²) in [6.07, 6.45) is 6.26. The van der Waals surface area contributed by atoms with E-state index in [0.717, 1.165) is 32.1 Å². The molecule has 0 atom stereocenters. The van der Waals surface area contributed by atoms with E-state index in [9.17, 15) is 14.7 Å². The molecule has 0 aliphatic heterocycles. The molecule has 5 heteroatoms. The smallest absolute Gasteiger partial charge is 0.310 e. The minimum absolute atomic E-state index is 0.116. The molecule has 1 saturated carbocycles. The van der Waals surface area contributed by atoms with Gasteiger partial charge in [-0.3, -0.25) is 9.59 Å². The number of hydrogen-bond donors (Lipinski definition) is 2. The summed E-state index contributed by atoms with van der Waals surface area (Å²) in [6, 6.07) is 0. The Labute approximate surface area is 127 Å². The molecule has 0 aromatic rings. The summed E-state index contributed by atoms with van der Waals surface area (Å²) < 4.78 is 5.43. The van der Waals surface area contributed by atoms with E-state index in [-0.39, 0.29) is 18.4 Å². The van der Waals surface area contributed by atoms with Crippen LogP contribution in [0.5, 0.6) is 0 Å². The summed E-state index contributed by atoms with van der Waals surface area (Å²) in [5.41, 5.74) is -0.830. The molecule has 0 bridgehead atoms. The molecule has 5 nitrogen and oxygen atoms in total. The summed E-state index contributed by atoms with van der Waals surface area (Å²) in [5.74, 6) is -0.952. The highest BCUT2D eigenvalue weighted by molar-refractivity contribution is 5.85. The van der Waals surface area contributed by atoms with Gasteiger partial charge in [-0.1, -0.05) is 19.3 Å². The lowest BCUT2D eigenvalue weighted by atomic mass is 9.71. The first-order chi connectivity index (χ1) is 9.96. The second-order valence-corrected chi connectivity index (χ2v) is 6.30. The Morgan fingerprint density at radius 3 is 2.43 bits per heavy atom. The van der Waals surface area contributed by atoms with Gasteiger partial charge in [0.1, 0.15) is 0 Å². The molecule has 0 unspecified atom stereocenters. The van der Waals surface area contributed by atoms with Crippen LogP contribution in [-0.4, -0.2) is 36.2 Å². The number of carbonyl (C=O) groups is 2. The molecule has 0 radical (unpaired) electrons. The number of carboxylic acids is 1. The van der Waals surface area contributed by atoms with Crippen molar-refractivity contribution < 1.29 is 19.4 Å². The van der Waals surface area contributed by atoms with E-state index < -0.39 is 11.4 Å². The van der Waals surface area contributed by atoms with Gasteiger partial charge in [0.15, 0.2) is 0 Å². The molecule has 1 aliphatic rings. The predicted octanol–water partition coefficient (Wildman–Crippen LogP) is 2.73. The van der Waals surface area contributed by atoms with Crippen LogP contribution in [0.4, 0.5) is 0 Å². The summed E-state index contributed by atoms with van der Waals surface area (Å²) >= 11 is 0. The van der Waals surface area contributed by atoms with Crippen LogP contribution in [0.2, 0.25) is 0 Å². The molecule has 0 heterocycles. The average Bonchev–Trinajstić information content (AvgIpc) is 2.43. The van der Waals surface area contributed by atoms with Crippen LogP contribution in [0, 0.1) is 5.41 Å². The Morgan fingerprint density at radius 2 is 1.86 bits per heavy atom. The van der Waals surface area contributed by atoms with Gasteiger partial charge in [-0.25, -0.2) is 0 Å². The lowest BCUT2D eigenvalue weighted by molar-refractivity contribution is -0.154. The average molecular weight is 299 g/mol. The Morgan fingerprint density at radius 1 is 1.19 bits per heavy atom. The zero-order valence-corrected chi connectivity index (χ0v) is 13.3. The van der Waals surface area contributed by atoms with Crippen LogP contribution in [0.15, 0.2) is 0 Å². The van der Waals surface area contributed by atoms with E-state index in [4.69, 9.17) is 4.74 Å². The molecular formula is C16H29NO4. The van der Waals surface area contributed by atoms with Gasteiger partial charge in [-0.15, -0.1) is 0 Å². The molecule has 122 valence electrons. The number of amides is 1. The molecule has 0 aromatic carbocycles. The highest BCUT2D eigenvalue weighted by Gasteiger charge is 2.41. The van der Waals surface area contributed by atoms with Crippen LogP contribution in [0.1, 0.15) is 65.2 Å². The molecule has 21 heavy (non-hydrogen) atoms.